The Bertz CT molecular complexity index is 416. The average Bonchev–Trinajstić information content (AvgIpc) is 2.89. The van der Waals surface area contributed by atoms with Gasteiger partial charge in [0.05, 0.1) is 7.11 Å². The van der Waals surface area contributed by atoms with E-state index in [-0.39, 0.29) is 12.0 Å². The first-order chi connectivity index (χ1) is 8.70. The fraction of sp³-hybridized carbons (Fsp3) is 0.500. The van der Waals surface area contributed by atoms with Gasteiger partial charge in [0.25, 0.3) is 0 Å². The highest BCUT2D eigenvalue weighted by molar-refractivity contribution is 7.99. The number of rotatable bonds is 4. The third kappa shape index (κ3) is 3.19. The molecule has 2 atom stereocenters. The van der Waals surface area contributed by atoms with Gasteiger partial charge in [-0.1, -0.05) is 12.1 Å². The molecule has 1 fully saturated rings. The first-order valence-corrected chi connectivity index (χ1v) is 7.35. The Hall–Kier alpha value is -1.16. The minimum Gasteiger partial charge on any atom is -0.467 e. The third-order valence-electron chi connectivity index (χ3n) is 3.23. The standard InChI is InChI=1S/C14H19NO2S/c1-10-4-3-5-12(8-10)15-13(14(16)17-2)11-6-7-18-9-11/h3-5,8,11,13,15H,6-7,9H2,1-2H3. The number of ether oxygens (including phenoxy) is 1. The molecule has 1 N–H and O–H groups in total. The summed E-state index contributed by atoms with van der Waals surface area (Å²) in [6.07, 6.45) is 1.07. The Morgan fingerprint density at radius 1 is 1.56 bits per heavy atom. The summed E-state index contributed by atoms with van der Waals surface area (Å²) in [5.41, 5.74) is 2.17. The minimum atomic E-state index is -0.230. The fourth-order valence-electron chi connectivity index (χ4n) is 2.23. The van der Waals surface area contributed by atoms with E-state index >= 15 is 0 Å². The molecule has 2 rings (SSSR count). The zero-order valence-electron chi connectivity index (χ0n) is 10.8. The lowest BCUT2D eigenvalue weighted by molar-refractivity contribution is -0.142. The van der Waals surface area contributed by atoms with E-state index in [9.17, 15) is 4.79 Å². The van der Waals surface area contributed by atoms with E-state index in [2.05, 4.69) is 11.4 Å². The van der Waals surface area contributed by atoms with E-state index in [1.165, 1.54) is 12.7 Å². The van der Waals surface area contributed by atoms with Gasteiger partial charge in [-0.05, 0) is 48.5 Å². The maximum Gasteiger partial charge on any atom is 0.328 e. The second kappa shape index (κ2) is 6.14. The van der Waals surface area contributed by atoms with Crippen LogP contribution in [-0.2, 0) is 9.53 Å². The van der Waals surface area contributed by atoms with Gasteiger partial charge in [-0.15, -0.1) is 0 Å². The molecule has 18 heavy (non-hydrogen) atoms. The number of carbonyl (C=O) groups excluding carboxylic acids is 1. The van der Waals surface area contributed by atoms with Gasteiger partial charge in [0.2, 0.25) is 0 Å². The lowest BCUT2D eigenvalue weighted by Crippen LogP contribution is -2.38. The summed E-state index contributed by atoms with van der Waals surface area (Å²) in [4.78, 5) is 11.9. The molecule has 0 saturated carbocycles. The molecular weight excluding hydrogens is 246 g/mol. The largest absolute Gasteiger partial charge is 0.467 e. The second-order valence-corrected chi connectivity index (χ2v) is 5.79. The lowest BCUT2D eigenvalue weighted by Gasteiger charge is -2.23. The number of methoxy groups -OCH3 is 1. The van der Waals surface area contributed by atoms with Crippen LogP contribution in [0.25, 0.3) is 0 Å². The predicted molar refractivity (Wildman–Crippen MR) is 76.0 cm³/mol. The molecule has 0 aromatic heterocycles. The zero-order chi connectivity index (χ0) is 13.0. The second-order valence-electron chi connectivity index (χ2n) is 4.64. The van der Waals surface area contributed by atoms with Crippen molar-refractivity contribution in [1.29, 1.82) is 0 Å². The molecule has 3 nitrogen and oxygen atoms in total. The van der Waals surface area contributed by atoms with E-state index in [4.69, 9.17) is 4.74 Å². The first-order valence-electron chi connectivity index (χ1n) is 6.19. The molecule has 1 aromatic carbocycles. The van der Waals surface area contributed by atoms with E-state index in [1.54, 1.807) is 0 Å². The van der Waals surface area contributed by atoms with Crippen LogP contribution >= 0.6 is 11.8 Å². The Balaban J connectivity index is 2.11. The number of nitrogens with one attached hydrogen (secondary N) is 1. The molecule has 1 aliphatic rings. The van der Waals surface area contributed by atoms with E-state index in [0.717, 1.165) is 23.6 Å². The molecule has 1 aliphatic heterocycles. The number of esters is 1. The molecule has 2 unspecified atom stereocenters. The van der Waals surface area contributed by atoms with E-state index in [1.807, 2.05) is 36.9 Å². The molecule has 0 spiro atoms. The van der Waals surface area contributed by atoms with Crippen molar-refractivity contribution in [3.63, 3.8) is 0 Å². The number of hydrogen-bond acceptors (Lipinski definition) is 4. The molecule has 1 aromatic rings. The van der Waals surface area contributed by atoms with Crippen molar-refractivity contribution in [3.8, 4) is 0 Å². The van der Waals surface area contributed by atoms with Crippen molar-refractivity contribution in [2.45, 2.75) is 19.4 Å². The Kier molecular flexibility index (Phi) is 4.53. The number of hydrogen-bond donors (Lipinski definition) is 1. The van der Waals surface area contributed by atoms with Crippen LogP contribution in [0.4, 0.5) is 5.69 Å². The van der Waals surface area contributed by atoms with Gasteiger partial charge in [0.1, 0.15) is 6.04 Å². The Labute approximate surface area is 112 Å². The third-order valence-corrected chi connectivity index (χ3v) is 4.42. The highest BCUT2D eigenvalue weighted by atomic mass is 32.2. The fourth-order valence-corrected chi connectivity index (χ4v) is 3.52. The maximum atomic E-state index is 11.9. The van der Waals surface area contributed by atoms with E-state index in [0.29, 0.717) is 5.92 Å². The minimum absolute atomic E-state index is 0.163. The van der Waals surface area contributed by atoms with Gasteiger partial charge in [0.15, 0.2) is 0 Å². The van der Waals surface area contributed by atoms with E-state index < -0.39 is 0 Å². The quantitative estimate of drug-likeness (QED) is 0.850. The Morgan fingerprint density at radius 3 is 3.00 bits per heavy atom. The highest BCUT2D eigenvalue weighted by Gasteiger charge is 2.31. The van der Waals surface area contributed by atoms with Gasteiger partial charge >= 0.3 is 5.97 Å². The van der Waals surface area contributed by atoms with Crippen molar-refractivity contribution in [3.05, 3.63) is 29.8 Å². The number of aryl methyl sites for hydroxylation is 1. The molecule has 4 heteroatoms. The van der Waals surface area contributed by atoms with Crippen molar-refractivity contribution in [2.75, 3.05) is 23.9 Å². The van der Waals surface area contributed by atoms with Crippen molar-refractivity contribution < 1.29 is 9.53 Å². The average molecular weight is 265 g/mol. The van der Waals surface area contributed by atoms with Crippen molar-refractivity contribution in [1.82, 2.24) is 0 Å². The van der Waals surface area contributed by atoms with Crippen molar-refractivity contribution >= 4 is 23.4 Å². The molecule has 0 aliphatic carbocycles. The van der Waals surface area contributed by atoms with Crippen LogP contribution < -0.4 is 5.32 Å². The van der Waals surface area contributed by atoms with Crippen LogP contribution in [0, 0.1) is 12.8 Å². The molecule has 1 heterocycles. The summed E-state index contributed by atoms with van der Waals surface area (Å²) < 4.78 is 4.92. The van der Waals surface area contributed by atoms with Gasteiger partial charge in [-0.2, -0.15) is 11.8 Å². The summed E-state index contributed by atoms with van der Waals surface area (Å²) in [7, 11) is 1.45. The molecule has 1 saturated heterocycles. The van der Waals surface area contributed by atoms with Gasteiger partial charge < -0.3 is 10.1 Å². The summed E-state index contributed by atoms with van der Waals surface area (Å²) in [5.74, 6) is 2.36. The van der Waals surface area contributed by atoms with Crippen LogP contribution in [-0.4, -0.2) is 30.6 Å². The summed E-state index contributed by atoms with van der Waals surface area (Å²) in [6, 6.07) is 7.86. The maximum absolute atomic E-state index is 11.9. The monoisotopic (exact) mass is 265 g/mol. The summed E-state index contributed by atoms with van der Waals surface area (Å²) in [6.45, 7) is 2.05. The predicted octanol–water partition coefficient (Wildman–Crippen LogP) is 2.70. The van der Waals surface area contributed by atoms with Crippen LogP contribution in [0.2, 0.25) is 0 Å². The van der Waals surface area contributed by atoms with Crippen LogP contribution in [0.3, 0.4) is 0 Å². The summed E-state index contributed by atoms with van der Waals surface area (Å²) >= 11 is 1.90. The SMILES string of the molecule is COC(=O)C(Nc1cccc(C)c1)C1CCSC1. The summed E-state index contributed by atoms with van der Waals surface area (Å²) in [5, 5.41) is 3.32. The molecular formula is C14H19NO2S. The van der Waals surface area contributed by atoms with Crippen LogP contribution in [0.5, 0.6) is 0 Å². The number of carbonyl (C=O) groups is 1. The van der Waals surface area contributed by atoms with Gasteiger partial charge in [0, 0.05) is 5.69 Å². The van der Waals surface area contributed by atoms with Crippen LogP contribution in [0.1, 0.15) is 12.0 Å². The van der Waals surface area contributed by atoms with Gasteiger partial charge in [-0.3, -0.25) is 0 Å². The number of anilines is 1. The Morgan fingerprint density at radius 2 is 2.39 bits per heavy atom. The van der Waals surface area contributed by atoms with Crippen LogP contribution in [0.15, 0.2) is 24.3 Å². The van der Waals surface area contributed by atoms with Gasteiger partial charge in [-0.25, -0.2) is 4.79 Å². The molecule has 0 bridgehead atoms. The highest BCUT2D eigenvalue weighted by Crippen LogP contribution is 2.28. The lowest BCUT2D eigenvalue weighted by atomic mass is 9.99. The normalized spacial score (nSPS) is 20.4. The topological polar surface area (TPSA) is 38.3 Å². The first kappa shape index (κ1) is 13.3. The molecule has 0 amide bonds. The number of benzene rings is 1. The zero-order valence-corrected chi connectivity index (χ0v) is 11.6. The molecule has 0 radical (unpaired) electrons. The van der Waals surface area contributed by atoms with Crippen molar-refractivity contribution in [2.24, 2.45) is 5.92 Å². The smallest absolute Gasteiger partial charge is 0.328 e. The molecule has 98 valence electrons. The number of thioether (sulfide) groups is 1.